The molecule has 0 spiro atoms. The Hall–Kier alpha value is -1.31. The van der Waals surface area contributed by atoms with Gasteiger partial charge in [-0.3, -0.25) is 10.1 Å². The van der Waals surface area contributed by atoms with Crippen molar-refractivity contribution in [3.05, 3.63) is 39.6 Å². The maximum absolute atomic E-state index is 10.6. The number of ether oxygens (including phenoxy) is 2. The van der Waals surface area contributed by atoms with Crippen LogP contribution in [-0.2, 0) is 0 Å². The summed E-state index contributed by atoms with van der Waals surface area (Å²) in [7, 11) is 0. The SMILES string of the molecule is O=[N+]([O-])/C(=C/c1ccc2c(c1)OCO2)CI. The van der Waals surface area contributed by atoms with Crippen LogP contribution in [0.4, 0.5) is 0 Å². The molecule has 1 aromatic rings. The minimum atomic E-state index is -0.378. The Balaban J connectivity index is 2.31. The van der Waals surface area contributed by atoms with Crippen LogP contribution in [0.3, 0.4) is 0 Å². The van der Waals surface area contributed by atoms with E-state index in [0.29, 0.717) is 15.9 Å². The Morgan fingerprint density at radius 1 is 1.50 bits per heavy atom. The molecule has 6 heteroatoms. The number of nitrogens with zero attached hydrogens (tertiary/aromatic N) is 1. The quantitative estimate of drug-likeness (QED) is 0.369. The maximum Gasteiger partial charge on any atom is 0.256 e. The van der Waals surface area contributed by atoms with Crippen molar-refractivity contribution in [1.82, 2.24) is 0 Å². The van der Waals surface area contributed by atoms with Crippen LogP contribution in [0.1, 0.15) is 5.56 Å². The summed E-state index contributed by atoms with van der Waals surface area (Å²) in [6.07, 6.45) is 1.54. The van der Waals surface area contributed by atoms with Crippen molar-refractivity contribution in [3.63, 3.8) is 0 Å². The molecule has 0 unspecified atom stereocenters. The van der Waals surface area contributed by atoms with Crippen molar-refractivity contribution < 1.29 is 14.4 Å². The monoisotopic (exact) mass is 333 g/mol. The van der Waals surface area contributed by atoms with Crippen molar-refractivity contribution in [1.29, 1.82) is 0 Å². The van der Waals surface area contributed by atoms with Gasteiger partial charge in [-0.1, -0.05) is 28.7 Å². The van der Waals surface area contributed by atoms with Gasteiger partial charge in [0.15, 0.2) is 11.5 Å². The minimum absolute atomic E-state index is 0.166. The minimum Gasteiger partial charge on any atom is -0.454 e. The third kappa shape index (κ3) is 2.26. The van der Waals surface area contributed by atoms with Crippen LogP contribution in [0.5, 0.6) is 11.5 Å². The van der Waals surface area contributed by atoms with Crippen LogP contribution in [-0.4, -0.2) is 16.1 Å². The molecule has 0 fully saturated rings. The largest absolute Gasteiger partial charge is 0.454 e. The second-order valence-electron chi connectivity index (χ2n) is 3.14. The molecule has 1 aromatic carbocycles. The van der Waals surface area contributed by atoms with E-state index in [-0.39, 0.29) is 17.4 Å². The molecule has 0 amide bonds. The van der Waals surface area contributed by atoms with Gasteiger partial charge in [-0.05, 0) is 17.7 Å². The zero-order chi connectivity index (χ0) is 11.5. The predicted molar refractivity (Wildman–Crippen MR) is 66.4 cm³/mol. The molecule has 0 saturated carbocycles. The fourth-order valence-corrected chi connectivity index (χ4v) is 1.83. The van der Waals surface area contributed by atoms with Gasteiger partial charge in [0.25, 0.3) is 5.70 Å². The van der Waals surface area contributed by atoms with Gasteiger partial charge < -0.3 is 9.47 Å². The molecule has 1 aliphatic rings. The van der Waals surface area contributed by atoms with Crippen LogP contribution in [0.25, 0.3) is 6.08 Å². The first-order chi connectivity index (χ1) is 7.70. The summed E-state index contributed by atoms with van der Waals surface area (Å²) in [6, 6.07) is 5.25. The molecule has 0 aliphatic carbocycles. The second-order valence-corrected chi connectivity index (χ2v) is 3.90. The number of hydrogen-bond donors (Lipinski definition) is 0. The Morgan fingerprint density at radius 2 is 2.25 bits per heavy atom. The number of alkyl halides is 1. The molecule has 84 valence electrons. The Labute approximate surface area is 105 Å². The molecule has 0 radical (unpaired) electrons. The van der Waals surface area contributed by atoms with E-state index >= 15 is 0 Å². The van der Waals surface area contributed by atoms with Gasteiger partial charge in [0.1, 0.15) is 0 Å². The molecule has 5 nitrogen and oxygen atoms in total. The number of halogens is 1. The van der Waals surface area contributed by atoms with Gasteiger partial charge >= 0.3 is 0 Å². The van der Waals surface area contributed by atoms with Crippen molar-refractivity contribution in [2.45, 2.75) is 0 Å². The zero-order valence-electron chi connectivity index (χ0n) is 8.18. The van der Waals surface area contributed by atoms with E-state index in [2.05, 4.69) is 0 Å². The van der Waals surface area contributed by atoms with E-state index in [4.69, 9.17) is 9.47 Å². The summed E-state index contributed by atoms with van der Waals surface area (Å²) in [5.41, 5.74) is 0.909. The number of benzene rings is 1. The molecule has 0 atom stereocenters. The number of fused-ring (bicyclic) bond motifs is 1. The van der Waals surface area contributed by atoms with Gasteiger partial charge in [-0.2, -0.15) is 0 Å². The number of rotatable bonds is 3. The number of allylic oxidation sites excluding steroid dienone is 1. The molecular weight excluding hydrogens is 325 g/mol. The third-order valence-corrected chi connectivity index (χ3v) is 2.88. The maximum atomic E-state index is 10.6. The Kier molecular flexibility index (Phi) is 3.28. The first kappa shape index (κ1) is 11.2. The lowest BCUT2D eigenvalue weighted by molar-refractivity contribution is -0.421. The van der Waals surface area contributed by atoms with Crippen LogP contribution in [0, 0.1) is 10.1 Å². The van der Waals surface area contributed by atoms with Gasteiger partial charge in [-0.15, -0.1) is 0 Å². The zero-order valence-corrected chi connectivity index (χ0v) is 10.3. The molecule has 0 N–H and O–H groups in total. The van der Waals surface area contributed by atoms with Gasteiger partial charge in [-0.25, -0.2) is 0 Å². The number of hydrogen-bond acceptors (Lipinski definition) is 4. The molecule has 1 aliphatic heterocycles. The van der Waals surface area contributed by atoms with Crippen molar-refractivity contribution in [2.75, 3.05) is 11.2 Å². The highest BCUT2D eigenvalue weighted by Gasteiger charge is 2.14. The van der Waals surface area contributed by atoms with E-state index in [1.807, 2.05) is 22.6 Å². The fraction of sp³-hybridized carbons (Fsp3) is 0.200. The lowest BCUT2D eigenvalue weighted by atomic mass is 10.2. The molecule has 0 bridgehead atoms. The van der Waals surface area contributed by atoms with Crippen LogP contribution in [0.15, 0.2) is 23.9 Å². The first-order valence-electron chi connectivity index (χ1n) is 4.51. The average Bonchev–Trinajstić information content (AvgIpc) is 2.72. The van der Waals surface area contributed by atoms with E-state index in [1.165, 1.54) is 6.08 Å². The van der Waals surface area contributed by atoms with Crippen molar-refractivity contribution in [3.8, 4) is 11.5 Å². The molecule has 0 aromatic heterocycles. The Bertz CT molecular complexity index is 458. The van der Waals surface area contributed by atoms with Crippen molar-refractivity contribution in [2.24, 2.45) is 0 Å². The molecular formula is C10H8INO4. The summed E-state index contributed by atoms with van der Waals surface area (Å²) in [5.74, 6) is 1.30. The lowest BCUT2D eigenvalue weighted by Gasteiger charge is -1.98. The third-order valence-electron chi connectivity index (χ3n) is 2.10. The summed E-state index contributed by atoms with van der Waals surface area (Å²) in [6.45, 7) is 0.205. The number of nitro groups is 1. The van der Waals surface area contributed by atoms with Crippen LogP contribution >= 0.6 is 22.6 Å². The normalized spacial score (nSPS) is 13.9. The molecule has 16 heavy (non-hydrogen) atoms. The highest BCUT2D eigenvalue weighted by Crippen LogP contribution is 2.33. The van der Waals surface area contributed by atoms with E-state index in [9.17, 15) is 10.1 Å². The van der Waals surface area contributed by atoms with Crippen LogP contribution in [0.2, 0.25) is 0 Å². The van der Waals surface area contributed by atoms with Crippen LogP contribution < -0.4 is 9.47 Å². The molecule has 0 saturated heterocycles. The average molecular weight is 333 g/mol. The van der Waals surface area contributed by atoms with E-state index in [1.54, 1.807) is 18.2 Å². The second kappa shape index (κ2) is 4.69. The van der Waals surface area contributed by atoms with Gasteiger partial charge in [0, 0.05) is 6.08 Å². The topological polar surface area (TPSA) is 61.6 Å². The standard InChI is InChI=1S/C10H8INO4/c11-5-8(12(13)14)3-7-1-2-9-10(4-7)16-6-15-9/h1-4H,5-6H2/b8-3+. The smallest absolute Gasteiger partial charge is 0.256 e. The van der Waals surface area contributed by atoms with E-state index in [0.717, 1.165) is 5.56 Å². The van der Waals surface area contributed by atoms with Gasteiger partial charge in [0.2, 0.25) is 6.79 Å². The van der Waals surface area contributed by atoms with Gasteiger partial charge in [0.05, 0.1) is 9.35 Å². The fourth-order valence-electron chi connectivity index (χ4n) is 1.34. The van der Waals surface area contributed by atoms with E-state index < -0.39 is 0 Å². The summed E-state index contributed by atoms with van der Waals surface area (Å²) in [4.78, 5) is 10.3. The highest BCUT2D eigenvalue weighted by atomic mass is 127. The van der Waals surface area contributed by atoms with Crippen molar-refractivity contribution >= 4 is 28.7 Å². The lowest BCUT2D eigenvalue weighted by Crippen LogP contribution is -1.99. The summed E-state index contributed by atoms with van der Waals surface area (Å²) < 4.78 is 10.7. The Morgan fingerprint density at radius 3 is 2.94 bits per heavy atom. The summed E-state index contributed by atoms with van der Waals surface area (Å²) >= 11 is 1.96. The first-order valence-corrected chi connectivity index (χ1v) is 6.04. The summed E-state index contributed by atoms with van der Waals surface area (Å²) in [5, 5.41) is 10.6. The molecule has 2 rings (SSSR count). The highest BCUT2D eigenvalue weighted by molar-refractivity contribution is 14.1. The predicted octanol–water partition coefficient (Wildman–Crippen LogP) is 2.47. The molecule has 1 heterocycles.